The van der Waals surface area contributed by atoms with E-state index < -0.39 is 0 Å². The zero-order chi connectivity index (χ0) is 16.8. The molecule has 0 saturated carbocycles. The number of benzene rings is 1. The minimum atomic E-state index is -0.222. The van der Waals surface area contributed by atoms with Crippen LogP contribution >= 0.6 is 0 Å². The van der Waals surface area contributed by atoms with Crippen molar-refractivity contribution in [1.29, 1.82) is 0 Å². The smallest absolute Gasteiger partial charge is 0.339 e. The average Bonchev–Trinajstić information content (AvgIpc) is 3.04. The highest BCUT2D eigenvalue weighted by molar-refractivity contribution is 5.87. The van der Waals surface area contributed by atoms with Gasteiger partial charge in [0.05, 0.1) is 13.1 Å². The van der Waals surface area contributed by atoms with E-state index in [0.717, 1.165) is 53.8 Å². The molecule has 1 unspecified atom stereocenters. The van der Waals surface area contributed by atoms with E-state index in [1.165, 1.54) is 30.8 Å². The topological polar surface area (TPSA) is 54.9 Å². The van der Waals surface area contributed by atoms with E-state index in [1.54, 1.807) is 0 Å². The molecule has 1 aromatic heterocycles. The molecule has 128 valence electrons. The number of aryl methyl sites for hydroxylation is 2. The highest BCUT2D eigenvalue weighted by Gasteiger charge is 2.25. The molecule has 1 aliphatic heterocycles. The SMILES string of the molecule is Cc1c(O)c(C[NH+]2CCC[C@@H](C)C2)cc2c3c(c(=O)oc12)CCC3. The summed E-state index contributed by atoms with van der Waals surface area (Å²) in [5, 5.41) is 11.7. The zero-order valence-corrected chi connectivity index (χ0v) is 14.6. The Morgan fingerprint density at radius 3 is 2.88 bits per heavy atom. The molecule has 24 heavy (non-hydrogen) atoms. The van der Waals surface area contributed by atoms with Gasteiger partial charge in [0.25, 0.3) is 0 Å². The standard InChI is InChI=1S/C20H25NO3/c1-12-5-4-8-21(10-12)11-14-9-17-15-6-3-7-16(15)20(23)24-19(17)13(2)18(14)22/h9,12,22H,3-8,10-11H2,1-2H3/p+1/t12-/m1/s1. The number of piperidine rings is 1. The van der Waals surface area contributed by atoms with Crippen molar-refractivity contribution in [3.8, 4) is 5.75 Å². The number of hydrogen-bond donors (Lipinski definition) is 2. The van der Waals surface area contributed by atoms with E-state index in [2.05, 4.69) is 13.0 Å². The van der Waals surface area contributed by atoms with E-state index >= 15 is 0 Å². The van der Waals surface area contributed by atoms with Crippen molar-refractivity contribution in [2.75, 3.05) is 13.1 Å². The largest absolute Gasteiger partial charge is 0.507 e. The first-order valence-electron chi connectivity index (χ1n) is 9.18. The van der Waals surface area contributed by atoms with Crippen LogP contribution in [0.2, 0.25) is 0 Å². The molecule has 0 radical (unpaired) electrons. The third-order valence-corrected chi connectivity index (χ3v) is 5.85. The van der Waals surface area contributed by atoms with Gasteiger partial charge < -0.3 is 14.4 Å². The first-order chi connectivity index (χ1) is 11.5. The maximum absolute atomic E-state index is 12.2. The second-order valence-electron chi connectivity index (χ2n) is 7.71. The summed E-state index contributed by atoms with van der Waals surface area (Å²) in [6.07, 6.45) is 5.34. The molecule has 2 aromatic rings. The molecule has 2 N–H and O–H groups in total. The Morgan fingerprint density at radius 1 is 1.29 bits per heavy atom. The Hall–Kier alpha value is -1.81. The predicted molar refractivity (Wildman–Crippen MR) is 93.7 cm³/mol. The Kier molecular flexibility index (Phi) is 3.87. The van der Waals surface area contributed by atoms with Crippen LogP contribution in [0.1, 0.15) is 48.4 Å². The summed E-state index contributed by atoms with van der Waals surface area (Å²) in [5.41, 5.74) is 4.04. The molecule has 0 bridgehead atoms. The van der Waals surface area contributed by atoms with Crippen LogP contribution in [0.15, 0.2) is 15.3 Å². The molecule has 1 fully saturated rings. The third kappa shape index (κ3) is 2.53. The molecule has 4 heteroatoms. The second kappa shape index (κ2) is 5.92. The van der Waals surface area contributed by atoms with Crippen molar-refractivity contribution < 1.29 is 14.4 Å². The first-order valence-corrected chi connectivity index (χ1v) is 9.18. The summed E-state index contributed by atoms with van der Waals surface area (Å²) < 4.78 is 5.56. The molecule has 4 nitrogen and oxygen atoms in total. The normalized spacial score (nSPS) is 23.6. The molecule has 1 aliphatic carbocycles. The van der Waals surface area contributed by atoms with Gasteiger partial charge in [-0.2, -0.15) is 0 Å². The van der Waals surface area contributed by atoms with Crippen molar-refractivity contribution in [3.05, 3.63) is 38.7 Å². The number of fused-ring (bicyclic) bond motifs is 3. The minimum Gasteiger partial charge on any atom is -0.507 e. The molecule has 2 aliphatic rings. The van der Waals surface area contributed by atoms with Gasteiger partial charge in [0, 0.05) is 28.0 Å². The number of rotatable bonds is 2. The van der Waals surface area contributed by atoms with Crippen LogP contribution in [0.3, 0.4) is 0 Å². The van der Waals surface area contributed by atoms with Gasteiger partial charge in [-0.15, -0.1) is 0 Å². The second-order valence-corrected chi connectivity index (χ2v) is 7.71. The molecule has 1 aromatic carbocycles. The lowest BCUT2D eigenvalue weighted by molar-refractivity contribution is -0.922. The van der Waals surface area contributed by atoms with Crippen molar-refractivity contribution in [2.45, 2.75) is 52.5 Å². The average molecular weight is 328 g/mol. The van der Waals surface area contributed by atoms with Gasteiger partial charge in [0.15, 0.2) is 0 Å². The molecule has 0 amide bonds. The van der Waals surface area contributed by atoms with Crippen LogP contribution < -0.4 is 10.5 Å². The van der Waals surface area contributed by atoms with Crippen LogP contribution in [-0.2, 0) is 19.4 Å². The van der Waals surface area contributed by atoms with E-state index in [9.17, 15) is 9.90 Å². The lowest BCUT2D eigenvalue weighted by Crippen LogP contribution is -3.12. The van der Waals surface area contributed by atoms with Gasteiger partial charge in [0.2, 0.25) is 0 Å². The number of likely N-dealkylation sites (tertiary alicyclic amines) is 1. The number of nitrogens with one attached hydrogen (secondary N) is 1. The summed E-state index contributed by atoms with van der Waals surface area (Å²) in [5.74, 6) is 1.05. The number of phenolic OH excluding ortho intramolecular Hbond substituents is 1. The number of quaternary nitrogens is 1. The quantitative estimate of drug-likeness (QED) is 0.830. The fourth-order valence-corrected chi connectivity index (χ4v) is 4.60. The molecule has 2 atom stereocenters. The molecule has 1 saturated heterocycles. The molecule has 0 spiro atoms. The molecular weight excluding hydrogens is 302 g/mol. The number of phenols is 1. The van der Waals surface area contributed by atoms with Crippen LogP contribution in [0.4, 0.5) is 0 Å². The first kappa shape index (κ1) is 15.7. The van der Waals surface area contributed by atoms with Gasteiger partial charge in [-0.05, 0) is 50.7 Å². The van der Waals surface area contributed by atoms with Crippen molar-refractivity contribution in [1.82, 2.24) is 0 Å². The maximum atomic E-state index is 12.2. The molecular formula is C20H26NO3+. The van der Waals surface area contributed by atoms with Crippen molar-refractivity contribution in [2.24, 2.45) is 5.92 Å². The maximum Gasteiger partial charge on any atom is 0.339 e. The fraction of sp³-hybridized carbons (Fsp3) is 0.550. The van der Waals surface area contributed by atoms with Crippen LogP contribution in [0, 0.1) is 12.8 Å². The van der Waals surface area contributed by atoms with E-state index in [4.69, 9.17) is 4.42 Å². The van der Waals surface area contributed by atoms with Crippen molar-refractivity contribution in [3.63, 3.8) is 0 Å². The highest BCUT2D eigenvalue weighted by Crippen LogP contribution is 2.35. The molecule has 4 rings (SSSR count). The van der Waals surface area contributed by atoms with Crippen LogP contribution in [0.5, 0.6) is 5.75 Å². The summed E-state index contributed by atoms with van der Waals surface area (Å²) in [4.78, 5) is 13.7. The Morgan fingerprint density at radius 2 is 2.08 bits per heavy atom. The van der Waals surface area contributed by atoms with E-state index in [1.807, 2.05) is 6.92 Å². The summed E-state index contributed by atoms with van der Waals surface area (Å²) in [7, 11) is 0. The minimum absolute atomic E-state index is 0.222. The monoisotopic (exact) mass is 328 g/mol. The Labute approximate surface area is 142 Å². The lowest BCUT2D eigenvalue weighted by Gasteiger charge is -2.28. The van der Waals surface area contributed by atoms with Gasteiger partial charge >= 0.3 is 5.63 Å². The third-order valence-electron chi connectivity index (χ3n) is 5.85. The summed E-state index contributed by atoms with van der Waals surface area (Å²) in [6, 6.07) is 2.08. The highest BCUT2D eigenvalue weighted by atomic mass is 16.4. The van der Waals surface area contributed by atoms with E-state index in [0.29, 0.717) is 16.9 Å². The lowest BCUT2D eigenvalue weighted by atomic mass is 9.97. The van der Waals surface area contributed by atoms with Crippen molar-refractivity contribution >= 4 is 11.0 Å². The van der Waals surface area contributed by atoms with Gasteiger partial charge in [-0.25, -0.2) is 4.79 Å². The predicted octanol–water partition coefficient (Wildman–Crippen LogP) is 2.11. The number of aromatic hydroxyl groups is 1. The van der Waals surface area contributed by atoms with E-state index in [-0.39, 0.29) is 5.63 Å². The van der Waals surface area contributed by atoms with Crippen LogP contribution in [0.25, 0.3) is 11.0 Å². The molecule has 2 heterocycles. The Bertz CT molecular complexity index is 852. The van der Waals surface area contributed by atoms with Gasteiger partial charge in [-0.3, -0.25) is 0 Å². The zero-order valence-electron chi connectivity index (χ0n) is 14.6. The fourth-order valence-electron chi connectivity index (χ4n) is 4.60. The summed E-state index contributed by atoms with van der Waals surface area (Å²) in [6.45, 7) is 7.36. The van der Waals surface area contributed by atoms with Crippen LogP contribution in [-0.4, -0.2) is 18.2 Å². The Balaban J connectivity index is 1.80. The van der Waals surface area contributed by atoms with Gasteiger partial charge in [0.1, 0.15) is 17.9 Å². The number of hydrogen-bond acceptors (Lipinski definition) is 3. The summed E-state index contributed by atoms with van der Waals surface area (Å²) >= 11 is 0. The van der Waals surface area contributed by atoms with Gasteiger partial charge in [-0.1, -0.05) is 6.92 Å².